The summed E-state index contributed by atoms with van der Waals surface area (Å²) in [6.07, 6.45) is 3.14. The average Bonchev–Trinajstić information content (AvgIpc) is 2.64. The van der Waals surface area contributed by atoms with Crippen molar-refractivity contribution in [2.75, 3.05) is 19.6 Å². The van der Waals surface area contributed by atoms with E-state index in [0.717, 1.165) is 32.2 Å². The number of carbonyl (C=O) groups excluding carboxylic acids is 2. The molecule has 0 aliphatic carbocycles. The molecule has 2 amide bonds. The van der Waals surface area contributed by atoms with Gasteiger partial charge >= 0.3 is 6.09 Å². The molecule has 140 valence electrons. The summed E-state index contributed by atoms with van der Waals surface area (Å²) >= 11 is 0. The van der Waals surface area contributed by atoms with Gasteiger partial charge in [-0.2, -0.15) is 0 Å². The number of benzene rings is 1. The minimum Gasteiger partial charge on any atom is -0.410 e. The molecule has 2 atom stereocenters. The van der Waals surface area contributed by atoms with Crippen LogP contribution in [0.5, 0.6) is 5.75 Å². The van der Waals surface area contributed by atoms with E-state index in [-0.39, 0.29) is 29.3 Å². The van der Waals surface area contributed by atoms with Crippen LogP contribution in [0.15, 0.2) is 24.3 Å². The molecule has 2 aliphatic heterocycles. The van der Waals surface area contributed by atoms with Gasteiger partial charge in [0, 0.05) is 43.7 Å². The third-order valence-corrected chi connectivity index (χ3v) is 5.09. The molecule has 0 aromatic heterocycles. The molecule has 0 N–H and O–H groups in total. The van der Waals surface area contributed by atoms with Crippen molar-refractivity contribution in [2.45, 2.75) is 38.6 Å². The molecule has 2 fully saturated rings. The zero-order valence-electron chi connectivity index (χ0n) is 14.8. The van der Waals surface area contributed by atoms with Gasteiger partial charge in [-0.25, -0.2) is 4.79 Å². The van der Waals surface area contributed by atoms with E-state index in [1.807, 2.05) is 11.8 Å². The van der Waals surface area contributed by atoms with Gasteiger partial charge in [0.1, 0.15) is 5.75 Å². The number of nitro benzene ring substituents is 1. The predicted octanol–water partition coefficient (Wildman–Crippen LogP) is 2.82. The lowest BCUT2D eigenvalue weighted by Gasteiger charge is -2.41. The minimum absolute atomic E-state index is 0.0309. The van der Waals surface area contributed by atoms with Crippen molar-refractivity contribution < 1.29 is 19.2 Å². The van der Waals surface area contributed by atoms with E-state index in [1.165, 1.54) is 24.3 Å². The second-order valence-electron chi connectivity index (χ2n) is 6.94. The Hall–Kier alpha value is -2.64. The summed E-state index contributed by atoms with van der Waals surface area (Å²) < 4.78 is 5.33. The average molecular weight is 361 g/mol. The summed E-state index contributed by atoms with van der Waals surface area (Å²) in [4.78, 5) is 38.5. The van der Waals surface area contributed by atoms with Crippen molar-refractivity contribution in [1.82, 2.24) is 9.80 Å². The number of nitrogens with zero attached hydrogens (tertiary/aromatic N) is 3. The van der Waals surface area contributed by atoms with Crippen LogP contribution < -0.4 is 4.74 Å². The van der Waals surface area contributed by atoms with Gasteiger partial charge in [-0.3, -0.25) is 14.9 Å². The Balaban J connectivity index is 1.60. The SMILES string of the molecule is CC1CCCN([C@@H]2CCCN(C(=O)Oc3ccc([N+](=O)[O-])cc3)C2)C1=O. The maximum atomic E-state index is 12.4. The van der Waals surface area contributed by atoms with Crippen LogP contribution in [-0.4, -0.2) is 52.4 Å². The van der Waals surface area contributed by atoms with E-state index in [9.17, 15) is 19.7 Å². The first-order chi connectivity index (χ1) is 12.5. The molecule has 8 nitrogen and oxygen atoms in total. The van der Waals surface area contributed by atoms with Gasteiger partial charge in [0.15, 0.2) is 0 Å². The van der Waals surface area contributed by atoms with Gasteiger partial charge in [-0.15, -0.1) is 0 Å². The molecule has 8 heteroatoms. The van der Waals surface area contributed by atoms with Crippen molar-refractivity contribution in [3.05, 3.63) is 34.4 Å². The Kier molecular flexibility index (Phi) is 5.39. The highest BCUT2D eigenvalue weighted by atomic mass is 16.6. The molecule has 3 rings (SSSR count). The van der Waals surface area contributed by atoms with Gasteiger partial charge in [0.05, 0.1) is 4.92 Å². The summed E-state index contributed by atoms with van der Waals surface area (Å²) in [6, 6.07) is 5.45. The molecule has 2 aliphatic rings. The molecule has 0 spiro atoms. The quantitative estimate of drug-likeness (QED) is 0.610. The highest BCUT2D eigenvalue weighted by molar-refractivity contribution is 5.79. The van der Waals surface area contributed by atoms with Crippen molar-refractivity contribution >= 4 is 17.7 Å². The maximum absolute atomic E-state index is 12.4. The first-order valence-electron chi connectivity index (χ1n) is 8.97. The monoisotopic (exact) mass is 361 g/mol. The molecule has 2 saturated heterocycles. The van der Waals surface area contributed by atoms with Gasteiger partial charge in [0.2, 0.25) is 5.91 Å². The Labute approximate surface area is 151 Å². The number of non-ortho nitro benzene ring substituents is 1. The van der Waals surface area contributed by atoms with Gasteiger partial charge in [-0.05, 0) is 37.8 Å². The summed E-state index contributed by atoms with van der Waals surface area (Å²) in [5.74, 6) is 0.489. The number of rotatable bonds is 3. The topological polar surface area (TPSA) is 93.0 Å². The van der Waals surface area contributed by atoms with Crippen LogP contribution >= 0.6 is 0 Å². The van der Waals surface area contributed by atoms with E-state index < -0.39 is 11.0 Å². The van der Waals surface area contributed by atoms with Crippen LogP contribution in [-0.2, 0) is 4.79 Å². The van der Waals surface area contributed by atoms with Gasteiger partial charge in [0.25, 0.3) is 5.69 Å². The fourth-order valence-corrected chi connectivity index (χ4v) is 3.62. The van der Waals surface area contributed by atoms with Crippen molar-refractivity contribution in [3.63, 3.8) is 0 Å². The number of carbonyl (C=O) groups is 2. The van der Waals surface area contributed by atoms with Crippen LogP contribution in [0.2, 0.25) is 0 Å². The first-order valence-corrected chi connectivity index (χ1v) is 8.97. The lowest BCUT2D eigenvalue weighted by molar-refractivity contribution is -0.384. The summed E-state index contributed by atoms with van der Waals surface area (Å²) in [7, 11) is 0. The second kappa shape index (κ2) is 7.72. The third kappa shape index (κ3) is 3.95. The lowest BCUT2D eigenvalue weighted by Crippen LogP contribution is -2.54. The number of nitro groups is 1. The molecule has 1 aromatic rings. The molecule has 0 saturated carbocycles. The number of likely N-dealkylation sites (tertiary alicyclic amines) is 2. The van der Waals surface area contributed by atoms with E-state index in [2.05, 4.69) is 0 Å². The fraction of sp³-hybridized carbons (Fsp3) is 0.556. The third-order valence-electron chi connectivity index (χ3n) is 5.09. The summed E-state index contributed by atoms with van der Waals surface area (Å²) in [5.41, 5.74) is -0.0550. The number of piperidine rings is 2. The molecular weight excluding hydrogens is 338 g/mol. The Morgan fingerprint density at radius 3 is 2.58 bits per heavy atom. The first kappa shape index (κ1) is 18.2. The number of hydrogen-bond donors (Lipinski definition) is 0. The van der Waals surface area contributed by atoms with Crippen LogP contribution in [0.25, 0.3) is 0 Å². The molecule has 0 bridgehead atoms. The minimum atomic E-state index is -0.503. The molecule has 2 heterocycles. The van der Waals surface area contributed by atoms with Crippen LogP contribution in [0.1, 0.15) is 32.6 Å². The van der Waals surface area contributed by atoms with E-state index in [4.69, 9.17) is 4.74 Å². The van der Waals surface area contributed by atoms with E-state index >= 15 is 0 Å². The zero-order chi connectivity index (χ0) is 18.7. The molecular formula is C18H23N3O5. The second-order valence-corrected chi connectivity index (χ2v) is 6.94. The van der Waals surface area contributed by atoms with Crippen LogP contribution in [0, 0.1) is 16.0 Å². The van der Waals surface area contributed by atoms with Crippen molar-refractivity contribution in [3.8, 4) is 5.75 Å². The van der Waals surface area contributed by atoms with Gasteiger partial charge < -0.3 is 14.5 Å². The van der Waals surface area contributed by atoms with Gasteiger partial charge in [-0.1, -0.05) is 6.92 Å². The smallest absolute Gasteiger partial charge is 0.410 e. The highest BCUT2D eigenvalue weighted by Crippen LogP contribution is 2.25. The van der Waals surface area contributed by atoms with Crippen LogP contribution in [0.3, 0.4) is 0 Å². The normalized spacial score (nSPS) is 23.7. The zero-order valence-corrected chi connectivity index (χ0v) is 14.8. The summed E-state index contributed by atoms with van der Waals surface area (Å²) in [6.45, 7) is 3.75. The molecule has 0 radical (unpaired) electrons. The highest BCUT2D eigenvalue weighted by Gasteiger charge is 2.34. The number of hydrogen-bond acceptors (Lipinski definition) is 5. The van der Waals surface area contributed by atoms with E-state index in [0.29, 0.717) is 13.1 Å². The summed E-state index contributed by atoms with van der Waals surface area (Å²) in [5, 5.41) is 10.7. The molecule has 1 aromatic carbocycles. The maximum Gasteiger partial charge on any atom is 0.415 e. The predicted molar refractivity (Wildman–Crippen MR) is 93.8 cm³/mol. The molecule has 1 unspecified atom stereocenters. The van der Waals surface area contributed by atoms with Crippen LogP contribution in [0.4, 0.5) is 10.5 Å². The largest absolute Gasteiger partial charge is 0.415 e. The molecule has 26 heavy (non-hydrogen) atoms. The van der Waals surface area contributed by atoms with Crippen molar-refractivity contribution in [1.29, 1.82) is 0 Å². The Bertz CT molecular complexity index is 691. The fourth-order valence-electron chi connectivity index (χ4n) is 3.62. The Morgan fingerprint density at radius 2 is 1.88 bits per heavy atom. The number of ether oxygens (including phenoxy) is 1. The van der Waals surface area contributed by atoms with E-state index in [1.54, 1.807) is 4.90 Å². The standard InChI is InChI=1S/C18H23N3O5/c1-13-4-2-11-20(17(13)22)15-5-3-10-19(12-15)18(23)26-16-8-6-14(7-9-16)21(24)25/h6-9,13,15H,2-5,10-12H2,1H3/t13?,15-/m1/s1. The number of amides is 2. The van der Waals surface area contributed by atoms with Crippen molar-refractivity contribution in [2.24, 2.45) is 5.92 Å². The lowest BCUT2D eigenvalue weighted by atomic mass is 9.95. The Morgan fingerprint density at radius 1 is 1.19 bits per heavy atom.